The first-order valence-corrected chi connectivity index (χ1v) is 16.3. The maximum Gasteiger partial charge on any atom is 0.246 e. The highest BCUT2D eigenvalue weighted by atomic mass is 35.5. The third kappa shape index (κ3) is 5.39. The van der Waals surface area contributed by atoms with Gasteiger partial charge in [0.2, 0.25) is 17.7 Å². The molecule has 4 aliphatic heterocycles. The fraction of sp³-hybridized carbons (Fsp3) is 0.667. The SMILES string of the molecule is CC1CCN(CCCN2C(=O)[C@@H]3[C@H](C(=O)Nc4cccc(Cl)c4)[C@@H]4C=C[C@@]3(O4)[C@@H]2C(=O)N[C@@H]2CCC[C@@H](C)[C@@H]2C)CC1. The molecule has 1 aromatic carbocycles. The molecule has 4 heterocycles. The number of likely N-dealkylation sites (tertiary alicyclic amines) is 2. The second kappa shape index (κ2) is 11.9. The van der Waals surface area contributed by atoms with Crippen molar-refractivity contribution in [3.8, 4) is 0 Å². The lowest BCUT2D eigenvalue weighted by molar-refractivity contribution is -0.141. The van der Waals surface area contributed by atoms with Crippen LogP contribution in [0.5, 0.6) is 0 Å². The lowest BCUT2D eigenvalue weighted by atomic mass is 9.73. The normalized spacial score (nSPS) is 36.3. The summed E-state index contributed by atoms with van der Waals surface area (Å²) in [7, 11) is 0. The molecule has 5 aliphatic rings. The Morgan fingerprint density at radius 2 is 1.86 bits per heavy atom. The van der Waals surface area contributed by atoms with Gasteiger partial charge in [-0.1, -0.05) is 63.4 Å². The van der Waals surface area contributed by atoms with Crippen LogP contribution in [0.25, 0.3) is 0 Å². The number of hydrogen-bond acceptors (Lipinski definition) is 5. The van der Waals surface area contributed by atoms with Gasteiger partial charge in [-0.25, -0.2) is 0 Å². The van der Waals surface area contributed by atoms with Gasteiger partial charge in [-0.2, -0.15) is 0 Å². The summed E-state index contributed by atoms with van der Waals surface area (Å²) >= 11 is 6.15. The maximum absolute atomic E-state index is 14.3. The molecule has 3 saturated heterocycles. The predicted octanol–water partition coefficient (Wildman–Crippen LogP) is 4.49. The van der Waals surface area contributed by atoms with Crippen molar-refractivity contribution in [1.82, 2.24) is 15.1 Å². The summed E-state index contributed by atoms with van der Waals surface area (Å²) in [5.41, 5.74) is -0.576. The molecule has 2 bridgehead atoms. The van der Waals surface area contributed by atoms with Gasteiger partial charge in [-0.15, -0.1) is 0 Å². The van der Waals surface area contributed by atoms with Gasteiger partial charge in [0.15, 0.2) is 0 Å². The molecular formula is C33H45ClN4O4. The number of hydrogen-bond donors (Lipinski definition) is 2. The van der Waals surface area contributed by atoms with Crippen molar-refractivity contribution in [2.24, 2.45) is 29.6 Å². The number of piperidine rings is 1. The lowest BCUT2D eigenvalue weighted by Crippen LogP contribution is -2.58. The van der Waals surface area contributed by atoms with Crippen LogP contribution in [-0.2, 0) is 19.1 Å². The van der Waals surface area contributed by atoms with E-state index in [-0.39, 0.29) is 23.8 Å². The van der Waals surface area contributed by atoms with Gasteiger partial charge in [0.05, 0.1) is 17.9 Å². The zero-order valence-electron chi connectivity index (χ0n) is 25.1. The second-order valence-electron chi connectivity index (χ2n) is 13.5. The summed E-state index contributed by atoms with van der Waals surface area (Å²) in [6, 6.07) is 6.24. The van der Waals surface area contributed by atoms with Crippen molar-refractivity contribution >= 4 is 35.0 Å². The van der Waals surface area contributed by atoms with Crippen LogP contribution in [0.15, 0.2) is 36.4 Å². The number of ether oxygens (including phenoxy) is 1. The van der Waals surface area contributed by atoms with Crippen molar-refractivity contribution in [2.75, 3.05) is 31.5 Å². The van der Waals surface area contributed by atoms with Gasteiger partial charge in [0.25, 0.3) is 0 Å². The lowest BCUT2D eigenvalue weighted by Gasteiger charge is -2.38. The van der Waals surface area contributed by atoms with E-state index in [4.69, 9.17) is 16.3 Å². The van der Waals surface area contributed by atoms with Crippen LogP contribution < -0.4 is 10.6 Å². The molecule has 1 saturated carbocycles. The highest BCUT2D eigenvalue weighted by molar-refractivity contribution is 6.30. The Morgan fingerprint density at radius 3 is 2.62 bits per heavy atom. The number of carbonyl (C=O) groups is 3. The number of amides is 3. The third-order valence-electron chi connectivity index (χ3n) is 10.8. The molecule has 42 heavy (non-hydrogen) atoms. The molecule has 1 aliphatic carbocycles. The number of fused-ring (bicyclic) bond motifs is 1. The number of rotatable bonds is 8. The topological polar surface area (TPSA) is 91.0 Å². The van der Waals surface area contributed by atoms with Crippen LogP contribution in [0.1, 0.15) is 59.3 Å². The summed E-state index contributed by atoms with van der Waals surface area (Å²) < 4.78 is 6.53. The van der Waals surface area contributed by atoms with E-state index in [0.717, 1.165) is 44.8 Å². The van der Waals surface area contributed by atoms with Crippen molar-refractivity contribution in [2.45, 2.75) is 83.1 Å². The van der Waals surface area contributed by atoms with E-state index in [1.54, 1.807) is 29.2 Å². The number of halogens is 1. The van der Waals surface area contributed by atoms with Gasteiger partial charge in [0.1, 0.15) is 11.6 Å². The molecule has 3 amide bonds. The first-order valence-electron chi connectivity index (χ1n) is 15.9. The van der Waals surface area contributed by atoms with Gasteiger partial charge in [0, 0.05) is 23.3 Å². The largest absolute Gasteiger partial charge is 0.359 e. The molecule has 8 nitrogen and oxygen atoms in total. The van der Waals surface area contributed by atoms with Gasteiger partial charge < -0.3 is 25.2 Å². The molecular weight excluding hydrogens is 552 g/mol. The molecule has 8 atom stereocenters. The zero-order valence-corrected chi connectivity index (χ0v) is 25.8. The number of carbonyl (C=O) groups excluding carboxylic acids is 3. The second-order valence-corrected chi connectivity index (χ2v) is 13.9. The summed E-state index contributed by atoms with van der Waals surface area (Å²) in [4.78, 5) is 46.3. The molecule has 1 aromatic rings. The number of nitrogens with zero attached hydrogens (tertiary/aromatic N) is 2. The van der Waals surface area contributed by atoms with Crippen LogP contribution in [0.4, 0.5) is 5.69 Å². The average Bonchev–Trinajstić information content (AvgIpc) is 3.60. The molecule has 2 N–H and O–H groups in total. The molecule has 9 heteroatoms. The monoisotopic (exact) mass is 596 g/mol. The minimum absolute atomic E-state index is 0.0634. The highest BCUT2D eigenvalue weighted by Gasteiger charge is 2.72. The minimum atomic E-state index is -1.15. The Kier molecular flexibility index (Phi) is 8.42. The highest BCUT2D eigenvalue weighted by Crippen LogP contribution is 2.55. The molecule has 0 radical (unpaired) electrons. The Morgan fingerprint density at radius 1 is 1.07 bits per heavy atom. The van der Waals surface area contributed by atoms with Gasteiger partial charge >= 0.3 is 0 Å². The van der Waals surface area contributed by atoms with Crippen LogP contribution in [-0.4, -0.2) is 77.5 Å². The Balaban J connectivity index is 1.24. The standard InChI is InChI=1S/C33H45ClN4O4/c1-20-12-17-37(18-13-20)15-6-16-38-29(31(40)36-25-10-4-7-21(2)22(25)3)33-14-11-26(42-33)27(28(33)32(38)41)30(39)35-24-9-5-8-23(34)19-24/h5,8-9,11,14,19-22,25-29H,4,6-7,10,12-13,15-18H2,1-3H3,(H,35,39)(H,36,40)/t21-,22+,25-,26+,27-,28+,29+,33+/m1/s1. The molecule has 0 aromatic heterocycles. The van der Waals surface area contributed by atoms with Crippen molar-refractivity contribution in [3.63, 3.8) is 0 Å². The average molecular weight is 597 g/mol. The fourth-order valence-corrected chi connectivity index (χ4v) is 8.29. The van der Waals surface area contributed by atoms with Crippen molar-refractivity contribution in [1.29, 1.82) is 0 Å². The number of nitrogens with one attached hydrogen (secondary N) is 2. The van der Waals surface area contributed by atoms with Gasteiger partial charge in [-0.3, -0.25) is 14.4 Å². The van der Waals surface area contributed by atoms with Crippen LogP contribution in [0.3, 0.4) is 0 Å². The molecule has 6 rings (SSSR count). The maximum atomic E-state index is 14.3. The quantitative estimate of drug-likeness (QED) is 0.432. The van der Waals surface area contributed by atoms with E-state index < -0.39 is 29.6 Å². The fourth-order valence-electron chi connectivity index (χ4n) is 8.10. The summed E-state index contributed by atoms with van der Waals surface area (Å²) in [6.07, 6.45) is 9.56. The summed E-state index contributed by atoms with van der Waals surface area (Å²) in [5.74, 6) is -0.440. The summed E-state index contributed by atoms with van der Waals surface area (Å²) in [5, 5.41) is 6.81. The Labute approximate surface area is 254 Å². The van der Waals surface area contributed by atoms with Gasteiger partial charge in [-0.05, 0) is 81.3 Å². The predicted molar refractivity (Wildman–Crippen MR) is 163 cm³/mol. The Hall–Kier alpha value is -2.42. The molecule has 228 valence electrons. The molecule has 1 spiro atoms. The van der Waals surface area contributed by atoms with Crippen LogP contribution in [0, 0.1) is 29.6 Å². The number of benzene rings is 1. The third-order valence-corrected chi connectivity index (χ3v) is 11.0. The van der Waals surface area contributed by atoms with E-state index in [2.05, 4.69) is 36.3 Å². The summed E-state index contributed by atoms with van der Waals surface area (Å²) in [6.45, 7) is 10.3. The zero-order chi connectivity index (χ0) is 29.6. The van der Waals surface area contributed by atoms with Crippen molar-refractivity contribution < 1.29 is 19.1 Å². The van der Waals surface area contributed by atoms with Crippen molar-refractivity contribution in [3.05, 3.63) is 41.4 Å². The smallest absolute Gasteiger partial charge is 0.246 e. The van der Waals surface area contributed by atoms with Crippen LogP contribution >= 0.6 is 11.6 Å². The van der Waals surface area contributed by atoms with E-state index in [1.807, 2.05) is 12.2 Å². The van der Waals surface area contributed by atoms with E-state index in [0.29, 0.717) is 29.1 Å². The first-order chi connectivity index (χ1) is 20.2. The van der Waals surface area contributed by atoms with E-state index in [1.165, 1.54) is 19.3 Å². The molecule has 4 fully saturated rings. The minimum Gasteiger partial charge on any atom is -0.359 e. The van der Waals surface area contributed by atoms with Crippen LogP contribution in [0.2, 0.25) is 5.02 Å². The van der Waals surface area contributed by atoms with E-state index >= 15 is 0 Å². The molecule has 0 unspecified atom stereocenters. The van der Waals surface area contributed by atoms with E-state index in [9.17, 15) is 14.4 Å². The number of anilines is 1. The first kappa shape index (κ1) is 29.6. The Bertz CT molecular complexity index is 1230.